The largest absolute Gasteiger partial charge is 0.319 e. The molecule has 2 aromatic rings. The first-order valence-electron chi connectivity index (χ1n) is 8.51. The summed E-state index contributed by atoms with van der Waals surface area (Å²) in [6, 6.07) is 11.4. The van der Waals surface area contributed by atoms with Gasteiger partial charge in [0, 0.05) is 18.3 Å². The number of carbonyl (C=O) groups excluding carboxylic acids is 2. The summed E-state index contributed by atoms with van der Waals surface area (Å²) in [4.78, 5) is 30.6. The average molecular weight is 385 g/mol. The molecular weight excluding hydrogens is 365 g/mol. The number of hydrogen-bond acceptors (Lipinski definition) is 4. The van der Waals surface area contributed by atoms with Crippen molar-refractivity contribution in [3.05, 3.63) is 71.2 Å². The summed E-state index contributed by atoms with van der Waals surface area (Å²) < 4.78 is 13.1. The van der Waals surface area contributed by atoms with Gasteiger partial charge in [-0.15, -0.1) is 11.8 Å². The number of nitrogens with one attached hydrogen (secondary N) is 1. The minimum absolute atomic E-state index is 0.0561. The quantitative estimate of drug-likeness (QED) is 0.825. The number of nitrogens with zero attached hydrogens (tertiary/aromatic N) is 2. The van der Waals surface area contributed by atoms with Gasteiger partial charge in [-0.3, -0.25) is 9.59 Å². The molecule has 0 bridgehead atoms. The fourth-order valence-electron chi connectivity index (χ4n) is 2.84. The normalized spacial score (nSPS) is 16.8. The van der Waals surface area contributed by atoms with E-state index in [1.165, 1.54) is 23.9 Å². The van der Waals surface area contributed by atoms with Crippen LogP contribution in [0.15, 0.2) is 59.8 Å². The van der Waals surface area contributed by atoms with E-state index in [-0.39, 0.29) is 28.8 Å². The predicted octanol–water partition coefficient (Wildman–Crippen LogP) is 3.60. The van der Waals surface area contributed by atoms with Crippen LogP contribution in [0.1, 0.15) is 19.4 Å². The molecule has 1 atom stereocenters. The van der Waals surface area contributed by atoms with Crippen molar-refractivity contribution in [3.8, 4) is 0 Å². The van der Waals surface area contributed by atoms with Crippen molar-refractivity contribution in [2.75, 3.05) is 11.1 Å². The Morgan fingerprint density at radius 3 is 2.63 bits per heavy atom. The Morgan fingerprint density at radius 2 is 1.96 bits per heavy atom. The SMILES string of the molecule is CC1=C(C)C(SCC(=O)Nc2ccccn2)N(Cc2ccc(F)cc2)C1=O. The summed E-state index contributed by atoms with van der Waals surface area (Å²) >= 11 is 1.39. The molecule has 140 valence electrons. The van der Waals surface area contributed by atoms with Crippen LogP contribution in [-0.2, 0) is 16.1 Å². The van der Waals surface area contributed by atoms with Gasteiger partial charge in [0.1, 0.15) is 17.0 Å². The molecule has 0 saturated heterocycles. The van der Waals surface area contributed by atoms with Crippen LogP contribution < -0.4 is 5.32 Å². The minimum atomic E-state index is -0.311. The van der Waals surface area contributed by atoms with E-state index in [4.69, 9.17) is 0 Å². The van der Waals surface area contributed by atoms with Crippen molar-refractivity contribution in [1.29, 1.82) is 0 Å². The number of anilines is 1. The van der Waals surface area contributed by atoms with E-state index in [0.717, 1.165) is 11.1 Å². The molecule has 1 unspecified atom stereocenters. The summed E-state index contributed by atoms with van der Waals surface area (Å²) in [5, 5.41) is 2.52. The minimum Gasteiger partial charge on any atom is -0.319 e. The predicted molar refractivity (Wildman–Crippen MR) is 104 cm³/mol. The Balaban J connectivity index is 1.66. The van der Waals surface area contributed by atoms with Crippen LogP contribution in [0.25, 0.3) is 0 Å². The van der Waals surface area contributed by atoms with Crippen LogP contribution in [0.4, 0.5) is 10.2 Å². The number of halogens is 1. The van der Waals surface area contributed by atoms with Crippen LogP contribution in [0.3, 0.4) is 0 Å². The Hall–Kier alpha value is -2.67. The van der Waals surface area contributed by atoms with E-state index < -0.39 is 0 Å². The maximum absolute atomic E-state index is 13.1. The lowest BCUT2D eigenvalue weighted by Gasteiger charge is -2.26. The van der Waals surface area contributed by atoms with Crippen LogP contribution in [-0.4, -0.2) is 32.8 Å². The van der Waals surface area contributed by atoms with Gasteiger partial charge >= 0.3 is 0 Å². The lowest BCUT2D eigenvalue weighted by atomic mass is 10.2. The van der Waals surface area contributed by atoms with Gasteiger partial charge in [0.25, 0.3) is 5.91 Å². The zero-order valence-corrected chi connectivity index (χ0v) is 15.9. The monoisotopic (exact) mass is 385 g/mol. The highest BCUT2D eigenvalue weighted by Gasteiger charge is 2.35. The van der Waals surface area contributed by atoms with Gasteiger partial charge in [-0.25, -0.2) is 9.37 Å². The first-order valence-corrected chi connectivity index (χ1v) is 9.56. The lowest BCUT2D eigenvalue weighted by Crippen LogP contribution is -2.34. The Morgan fingerprint density at radius 1 is 1.22 bits per heavy atom. The van der Waals surface area contributed by atoms with Crippen molar-refractivity contribution in [3.63, 3.8) is 0 Å². The van der Waals surface area contributed by atoms with Gasteiger partial charge in [-0.05, 0) is 49.2 Å². The zero-order chi connectivity index (χ0) is 19.4. The number of thioether (sulfide) groups is 1. The van der Waals surface area contributed by atoms with E-state index in [1.807, 2.05) is 6.92 Å². The topological polar surface area (TPSA) is 62.3 Å². The molecule has 0 fully saturated rings. The van der Waals surface area contributed by atoms with Crippen molar-refractivity contribution in [1.82, 2.24) is 9.88 Å². The molecule has 5 nitrogen and oxygen atoms in total. The molecule has 1 aromatic carbocycles. The smallest absolute Gasteiger partial charge is 0.251 e. The van der Waals surface area contributed by atoms with E-state index in [9.17, 15) is 14.0 Å². The van der Waals surface area contributed by atoms with E-state index in [1.54, 1.807) is 48.4 Å². The number of amides is 2. The highest BCUT2D eigenvalue weighted by atomic mass is 32.2. The number of carbonyl (C=O) groups is 2. The zero-order valence-electron chi connectivity index (χ0n) is 15.1. The van der Waals surface area contributed by atoms with Crippen LogP contribution in [0, 0.1) is 5.82 Å². The summed E-state index contributed by atoms with van der Waals surface area (Å²) in [6.07, 6.45) is 1.61. The second-order valence-electron chi connectivity index (χ2n) is 6.29. The highest BCUT2D eigenvalue weighted by Crippen LogP contribution is 2.34. The molecule has 3 rings (SSSR count). The summed E-state index contributed by atoms with van der Waals surface area (Å²) in [5.74, 6) is 0.148. The van der Waals surface area contributed by atoms with Gasteiger partial charge in [0.2, 0.25) is 5.91 Å². The fraction of sp³-hybridized carbons (Fsp3) is 0.250. The molecule has 0 aliphatic carbocycles. The second kappa shape index (κ2) is 8.35. The molecule has 7 heteroatoms. The number of hydrogen-bond donors (Lipinski definition) is 1. The van der Waals surface area contributed by atoms with Crippen molar-refractivity contribution < 1.29 is 14.0 Å². The molecule has 2 heterocycles. The number of benzene rings is 1. The van der Waals surface area contributed by atoms with Crippen LogP contribution >= 0.6 is 11.8 Å². The summed E-state index contributed by atoms with van der Waals surface area (Å²) in [7, 11) is 0. The number of aromatic nitrogens is 1. The van der Waals surface area contributed by atoms with Crippen LogP contribution in [0.2, 0.25) is 0 Å². The third kappa shape index (κ3) is 4.54. The molecule has 1 aromatic heterocycles. The van der Waals surface area contributed by atoms with Crippen molar-refractivity contribution in [2.45, 2.75) is 25.8 Å². The first-order chi connectivity index (χ1) is 13.0. The van der Waals surface area contributed by atoms with E-state index in [0.29, 0.717) is 17.9 Å². The average Bonchev–Trinajstić information content (AvgIpc) is 2.86. The highest BCUT2D eigenvalue weighted by molar-refractivity contribution is 8.00. The lowest BCUT2D eigenvalue weighted by molar-refractivity contribution is -0.126. The van der Waals surface area contributed by atoms with Crippen molar-refractivity contribution in [2.24, 2.45) is 0 Å². The Bertz CT molecular complexity index is 869. The summed E-state index contributed by atoms with van der Waals surface area (Å²) in [6.45, 7) is 4.07. The molecular formula is C20H20FN3O2S. The molecule has 27 heavy (non-hydrogen) atoms. The Kier molecular flexibility index (Phi) is 5.91. The van der Waals surface area contributed by atoms with Gasteiger partial charge in [-0.2, -0.15) is 0 Å². The molecule has 0 radical (unpaired) electrons. The molecule has 0 saturated carbocycles. The molecule has 2 amide bonds. The summed E-state index contributed by atoms with van der Waals surface area (Å²) in [5.41, 5.74) is 2.48. The third-order valence-electron chi connectivity index (χ3n) is 4.40. The first kappa shape index (κ1) is 19.1. The number of pyridine rings is 1. The number of rotatable bonds is 6. The second-order valence-corrected chi connectivity index (χ2v) is 7.36. The van der Waals surface area contributed by atoms with Gasteiger partial charge < -0.3 is 10.2 Å². The third-order valence-corrected chi connectivity index (χ3v) is 5.75. The van der Waals surface area contributed by atoms with E-state index >= 15 is 0 Å². The standard InChI is InChI=1S/C20H20FN3O2S/c1-13-14(2)20(27-12-18(25)23-17-5-3-4-10-22-17)24(19(13)26)11-15-6-8-16(21)9-7-15/h3-10,20H,11-12H2,1-2H3,(H,22,23,25). The molecule has 1 aliphatic rings. The van der Waals surface area contributed by atoms with Gasteiger partial charge in [-0.1, -0.05) is 18.2 Å². The molecule has 0 spiro atoms. The van der Waals surface area contributed by atoms with Gasteiger partial charge in [0.15, 0.2) is 0 Å². The van der Waals surface area contributed by atoms with E-state index in [2.05, 4.69) is 10.3 Å². The molecule has 1 aliphatic heterocycles. The molecule has 1 N–H and O–H groups in total. The maximum Gasteiger partial charge on any atom is 0.251 e. The van der Waals surface area contributed by atoms with Gasteiger partial charge in [0.05, 0.1) is 5.75 Å². The van der Waals surface area contributed by atoms with Crippen LogP contribution in [0.5, 0.6) is 0 Å². The maximum atomic E-state index is 13.1. The fourth-order valence-corrected chi connectivity index (χ4v) is 3.99. The van der Waals surface area contributed by atoms with Crippen molar-refractivity contribution >= 4 is 29.4 Å². The Labute approximate surface area is 161 Å².